The molecular weight excluding hydrogens is 406 g/mol. The first-order valence-electron chi connectivity index (χ1n) is 7.94. The third-order valence-electron chi connectivity index (χ3n) is 4.12. The Morgan fingerprint density at radius 2 is 1.96 bits per heavy atom. The van der Waals surface area contributed by atoms with E-state index in [2.05, 4.69) is 26.2 Å². The fraction of sp³-hybridized carbons (Fsp3) is 0.294. The second-order valence-electron chi connectivity index (χ2n) is 5.86. The van der Waals surface area contributed by atoms with Crippen molar-refractivity contribution < 1.29 is 13.2 Å². The molecule has 1 unspecified atom stereocenters. The molecule has 1 aliphatic rings. The summed E-state index contributed by atoms with van der Waals surface area (Å²) in [6.45, 7) is 0.600. The van der Waals surface area contributed by atoms with Crippen molar-refractivity contribution in [1.82, 2.24) is 9.29 Å². The number of sulfonamides is 1. The van der Waals surface area contributed by atoms with Crippen molar-refractivity contribution in [1.29, 1.82) is 0 Å². The zero-order chi connectivity index (χ0) is 17.9. The molecule has 3 rings (SSSR count). The average molecular weight is 424 g/mol. The first-order valence-corrected chi connectivity index (χ1v) is 10.2. The van der Waals surface area contributed by atoms with E-state index in [9.17, 15) is 13.2 Å². The van der Waals surface area contributed by atoms with Gasteiger partial charge in [-0.2, -0.15) is 4.31 Å². The fourth-order valence-corrected chi connectivity index (χ4v) is 4.58. The number of amides is 1. The Morgan fingerprint density at radius 3 is 2.64 bits per heavy atom. The molecule has 2 heterocycles. The molecule has 0 saturated carbocycles. The van der Waals surface area contributed by atoms with Gasteiger partial charge in [0, 0.05) is 23.8 Å². The fourth-order valence-electron chi connectivity index (χ4n) is 2.80. The molecule has 1 atom stereocenters. The Hall–Kier alpha value is -1.77. The predicted molar refractivity (Wildman–Crippen MR) is 98.5 cm³/mol. The van der Waals surface area contributed by atoms with Gasteiger partial charge in [0.25, 0.3) is 0 Å². The van der Waals surface area contributed by atoms with E-state index in [1.807, 2.05) is 0 Å². The minimum absolute atomic E-state index is 0.178. The minimum atomic E-state index is -3.60. The Balaban J connectivity index is 1.72. The van der Waals surface area contributed by atoms with E-state index < -0.39 is 10.0 Å². The first kappa shape index (κ1) is 18.0. The molecule has 0 radical (unpaired) electrons. The predicted octanol–water partition coefficient (Wildman–Crippen LogP) is 2.88. The van der Waals surface area contributed by atoms with Crippen LogP contribution in [0, 0.1) is 5.92 Å². The lowest BCUT2D eigenvalue weighted by molar-refractivity contribution is -0.120. The number of halogens is 1. The maximum atomic E-state index is 12.8. The lowest BCUT2D eigenvalue weighted by atomic mass is 9.99. The van der Waals surface area contributed by atoms with Gasteiger partial charge in [0.2, 0.25) is 15.9 Å². The van der Waals surface area contributed by atoms with Crippen LogP contribution < -0.4 is 5.32 Å². The lowest BCUT2D eigenvalue weighted by Crippen LogP contribution is -2.43. The molecule has 8 heteroatoms. The maximum absolute atomic E-state index is 12.8. The topological polar surface area (TPSA) is 79.4 Å². The SMILES string of the molecule is O=C(Nc1ccccn1)C1CCCN(S(=O)(=O)c2ccc(Br)cc2)C1. The molecule has 132 valence electrons. The molecule has 2 aromatic rings. The highest BCUT2D eigenvalue weighted by Crippen LogP contribution is 2.25. The number of anilines is 1. The van der Waals surface area contributed by atoms with Crippen LogP contribution in [0.1, 0.15) is 12.8 Å². The van der Waals surface area contributed by atoms with Gasteiger partial charge in [-0.05, 0) is 49.2 Å². The van der Waals surface area contributed by atoms with E-state index in [4.69, 9.17) is 0 Å². The molecule has 1 fully saturated rings. The number of rotatable bonds is 4. The molecule has 1 aromatic carbocycles. The number of pyridine rings is 1. The summed E-state index contributed by atoms with van der Waals surface area (Å²) in [5, 5.41) is 2.75. The minimum Gasteiger partial charge on any atom is -0.310 e. The standard InChI is InChI=1S/C17H18BrN3O3S/c18-14-6-8-15(9-7-14)25(23,24)21-11-3-4-13(12-21)17(22)20-16-5-1-2-10-19-16/h1-2,5-10,13H,3-4,11-12H2,(H,19,20,22). The van der Waals surface area contributed by atoms with Gasteiger partial charge in [-0.25, -0.2) is 13.4 Å². The van der Waals surface area contributed by atoms with Crippen LogP contribution in [0.4, 0.5) is 5.82 Å². The summed E-state index contributed by atoms with van der Waals surface area (Å²) < 4.78 is 27.8. The van der Waals surface area contributed by atoms with Crippen LogP contribution >= 0.6 is 15.9 Å². The second-order valence-corrected chi connectivity index (χ2v) is 8.71. The van der Waals surface area contributed by atoms with Crippen LogP contribution in [0.5, 0.6) is 0 Å². The van der Waals surface area contributed by atoms with Crippen LogP contribution in [0.3, 0.4) is 0 Å². The summed E-state index contributed by atoms with van der Waals surface area (Å²) in [6.07, 6.45) is 2.90. The highest BCUT2D eigenvalue weighted by Gasteiger charge is 2.33. The summed E-state index contributed by atoms with van der Waals surface area (Å²) in [4.78, 5) is 16.7. The number of aromatic nitrogens is 1. The van der Waals surface area contributed by atoms with Gasteiger partial charge in [-0.15, -0.1) is 0 Å². The molecule has 6 nitrogen and oxygen atoms in total. The van der Waals surface area contributed by atoms with E-state index in [1.165, 1.54) is 4.31 Å². The van der Waals surface area contributed by atoms with E-state index in [0.29, 0.717) is 25.2 Å². The molecule has 1 saturated heterocycles. The molecule has 0 aliphatic carbocycles. The Morgan fingerprint density at radius 1 is 1.20 bits per heavy atom. The van der Waals surface area contributed by atoms with E-state index in [-0.39, 0.29) is 23.3 Å². The van der Waals surface area contributed by atoms with Gasteiger partial charge in [0.1, 0.15) is 5.82 Å². The Bertz CT molecular complexity index is 841. The summed E-state index contributed by atoms with van der Waals surface area (Å²) in [7, 11) is -3.60. The third-order valence-corrected chi connectivity index (χ3v) is 6.53. The smallest absolute Gasteiger partial charge is 0.243 e. The molecular formula is C17H18BrN3O3S. The van der Waals surface area contributed by atoms with E-state index in [0.717, 1.165) is 4.47 Å². The van der Waals surface area contributed by atoms with Gasteiger partial charge in [-0.3, -0.25) is 4.79 Å². The molecule has 1 amide bonds. The van der Waals surface area contributed by atoms with Crippen molar-refractivity contribution in [3.63, 3.8) is 0 Å². The summed E-state index contributed by atoms with van der Waals surface area (Å²) in [5.41, 5.74) is 0. The van der Waals surface area contributed by atoms with Crippen molar-refractivity contribution in [2.45, 2.75) is 17.7 Å². The molecule has 0 spiro atoms. The van der Waals surface area contributed by atoms with E-state index in [1.54, 1.807) is 48.7 Å². The number of hydrogen-bond donors (Lipinski definition) is 1. The number of piperidine rings is 1. The van der Waals surface area contributed by atoms with Crippen LogP contribution in [0.25, 0.3) is 0 Å². The van der Waals surface area contributed by atoms with Gasteiger partial charge in [0.15, 0.2) is 0 Å². The van der Waals surface area contributed by atoms with Crippen molar-refractivity contribution in [3.8, 4) is 0 Å². The molecule has 1 N–H and O–H groups in total. The quantitative estimate of drug-likeness (QED) is 0.819. The van der Waals surface area contributed by atoms with Crippen molar-refractivity contribution in [2.75, 3.05) is 18.4 Å². The normalized spacial score (nSPS) is 18.7. The number of carbonyl (C=O) groups is 1. The van der Waals surface area contributed by atoms with Crippen molar-refractivity contribution >= 4 is 37.7 Å². The van der Waals surface area contributed by atoms with Crippen molar-refractivity contribution in [3.05, 3.63) is 53.1 Å². The average Bonchev–Trinajstić information content (AvgIpc) is 2.63. The van der Waals surface area contributed by atoms with Gasteiger partial charge in [0.05, 0.1) is 10.8 Å². The lowest BCUT2D eigenvalue weighted by Gasteiger charge is -2.31. The van der Waals surface area contributed by atoms with Crippen LogP contribution in [-0.4, -0.2) is 36.7 Å². The zero-order valence-electron chi connectivity index (χ0n) is 13.4. The first-order chi connectivity index (χ1) is 12.0. The summed E-state index contributed by atoms with van der Waals surface area (Å²) in [5.74, 6) is -0.115. The number of nitrogens with one attached hydrogen (secondary N) is 1. The largest absolute Gasteiger partial charge is 0.310 e. The monoisotopic (exact) mass is 423 g/mol. The van der Waals surface area contributed by atoms with Crippen LogP contribution in [-0.2, 0) is 14.8 Å². The third kappa shape index (κ3) is 4.26. The maximum Gasteiger partial charge on any atom is 0.243 e. The van der Waals surface area contributed by atoms with Gasteiger partial charge >= 0.3 is 0 Å². The zero-order valence-corrected chi connectivity index (χ0v) is 15.8. The summed E-state index contributed by atoms with van der Waals surface area (Å²) in [6, 6.07) is 11.8. The van der Waals surface area contributed by atoms with Gasteiger partial charge in [-0.1, -0.05) is 22.0 Å². The molecule has 25 heavy (non-hydrogen) atoms. The number of carbonyl (C=O) groups excluding carboxylic acids is 1. The van der Waals surface area contributed by atoms with Crippen LogP contribution in [0.2, 0.25) is 0 Å². The number of nitrogens with zero attached hydrogens (tertiary/aromatic N) is 2. The van der Waals surface area contributed by atoms with Crippen molar-refractivity contribution in [2.24, 2.45) is 5.92 Å². The molecule has 1 aliphatic heterocycles. The molecule has 0 bridgehead atoms. The highest BCUT2D eigenvalue weighted by atomic mass is 79.9. The summed E-state index contributed by atoms with van der Waals surface area (Å²) >= 11 is 3.30. The second kappa shape index (κ2) is 7.63. The Kier molecular flexibility index (Phi) is 5.51. The number of benzene rings is 1. The van der Waals surface area contributed by atoms with Crippen LogP contribution in [0.15, 0.2) is 58.0 Å². The van der Waals surface area contributed by atoms with E-state index >= 15 is 0 Å². The molecule has 1 aromatic heterocycles. The highest BCUT2D eigenvalue weighted by molar-refractivity contribution is 9.10. The number of hydrogen-bond acceptors (Lipinski definition) is 4. The Labute approximate surface area is 155 Å². The van der Waals surface area contributed by atoms with Gasteiger partial charge < -0.3 is 5.32 Å².